The van der Waals surface area contributed by atoms with Gasteiger partial charge in [-0.1, -0.05) is 6.08 Å². The number of aromatic hydroxyl groups is 1. The summed E-state index contributed by atoms with van der Waals surface area (Å²) in [7, 11) is 7.14. The first kappa shape index (κ1) is 26.0. The van der Waals surface area contributed by atoms with Crippen LogP contribution in [0.2, 0.25) is 0 Å². The van der Waals surface area contributed by atoms with Crippen LogP contribution in [0.5, 0.6) is 5.75 Å². The zero-order valence-electron chi connectivity index (χ0n) is 20.8. The molecule has 0 radical (unpaired) electrons. The van der Waals surface area contributed by atoms with Gasteiger partial charge in [0.2, 0.25) is 5.78 Å². The Morgan fingerprint density at radius 3 is 2.47 bits per heavy atom. The second-order valence-electron chi connectivity index (χ2n) is 10.5. The largest absolute Gasteiger partial charge is 0.508 e. The Bertz CT molecular complexity index is 1220. The first-order valence-electron chi connectivity index (χ1n) is 11.9. The fourth-order valence-corrected chi connectivity index (χ4v) is 5.91. The summed E-state index contributed by atoms with van der Waals surface area (Å²) in [6.07, 6.45) is 2.40. The minimum atomic E-state index is -2.55. The summed E-state index contributed by atoms with van der Waals surface area (Å²) in [6.45, 7) is 0.694. The highest BCUT2D eigenvalue weighted by molar-refractivity contribution is 6.24. The van der Waals surface area contributed by atoms with Gasteiger partial charge in [-0.3, -0.25) is 14.4 Å². The topological polar surface area (TPSA) is 144 Å². The van der Waals surface area contributed by atoms with E-state index in [1.165, 1.54) is 12.1 Å². The number of aliphatic hydroxyl groups excluding tert-OH is 1. The zero-order chi connectivity index (χ0) is 26.7. The van der Waals surface area contributed by atoms with E-state index in [0.717, 1.165) is 0 Å². The summed E-state index contributed by atoms with van der Waals surface area (Å²) in [6, 6.07) is 0.590. The molecule has 10 heteroatoms. The van der Waals surface area contributed by atoms with E-state index in [-0.39, 0.29) is 40.9 Å². The molecule has 5 N–H and O–H groups in total. The Kier molecular flexibility index (Phi) is 6.57. The lowest BCUT2D eigenvalue weighted by Crippen LogP contribution is -2.62. The van der Waals surface area contributed by atoms with Gasteiger partial charge in [0, 0.05) is 23.1 Å². The number of rotatable bonds is 6. The predicted octanol–water partition coefficient (Wildman–Crippen LogP) is 0.868. The number of nitrogens with zero attached hydrogens (tertiary/aromatic N) is 2. The Hall–Kier alpha value is -3.08. The molecule has 1 amide bonds. The number of Topliss-reactive ketones (excluding diaryl/α,β-unsaturated/α-hetero) is 2. The number of aryl methyl sites for hydroxylation is 1. The first-order valence-corrected chi connectivity index (χ1v) is 11.9. The van der Waals surface area contributed by atoms with Crippen molar-refractivity contribution in [3.8, 4) is 5.75 Å². The Morgan fingerprint density at radius 2 is 1.89 bits per heavy atom. The average Bonchev–Trinajstić information content (AvgIpc) is 2.78. The Labute approximate surface area is 208 Å². The molecule has 36 heavy (non-hydrogen) atoms. The van der Waals surface area contributed by atoms with E-state index in [0.29, 0.717) is 19.4 Å². The van der Waals surface area contributed by atoms with Gasteiger partial charge < -0.3 is 30.9 Å². The van der Waals surface area contributed by atoms with Crippen molar-refractivity contribution in [1.82, 2.24) is 9.80 Å². The fourth-order valence-electron chi connectivity index (χ4n) is 5.91. The van der Waals surface area contributed by atoms with Crippen LogP contribution in [-0.2, 0) is 22.4 Å². The van der Waals surface area contributed by atoms with Crippen molar-refractivity contribution in [1.29, 1.82) is 0 Å². The highest BCUT2D eigenvalue weighted by atomic mass is 19.1. The van der Waals surface area contributed by atoms with Crippen molar-refractivity contribution in [3.05, 3.63) is 51.6 Å². The summed E-state index contributed by atoms with van der Waals surface area (Å²) in [5.74, 6) is -6.40. The summed E-state index contributed by atoms with van der Waals surface area (Å²) in [5, 5.41) is 33.8. The smallest absolute Gasteiger partial charge is 0.252 e. The third-order valence-corrected chi connectivity index (χ3v) is 7.71. The molecule has 0 bridgehead atoms. The monoisotopic (exact) mass is 501 g/mol. The number of halogens is 1. The van der Waals surface area contributed by atoms with Crippen LogP contribution in [0.4, 0.5) is 4.39 Å². The van der Waals surface area contributed by atoms with Crippen LogP contribution in [0.15, 0.2) is 29.0 Å². The fraction of sp³-hybridized carbons (Fsp3) is 0.500. The number of fused-ring (bicyclic) bond motifs is 3. The summed E-state index contributed by atoms with van der Waals surface area (Å²) in [5.41, 5.74) is 2.20. The number of hydrogen-bond donors (Lipinski definition) is 4. The summed E-state index contributed by atoms with van der Waals surface area (Å²) >= 11 is 0. The molecule has 1 aromatic rings. The number of phenolic OH excluding ortho intramolecular Hbond substituents is 1. The molecule has 0 spiro atoms. The molecule has 0 aromatic heterocycles. The van der Waals surface area contributed by atoms with Crippen LogP contribution in [0.3, 0.4) is 0 Å². The first-order chi connectivity index (χ1) is 16.8. The number of ketones is 2. The van der Waals surface area contributed by atoms with E-state index in [2.05, 4.69) is 0 Å². The van der Waals surface area contributed by atoms with Gasteiger partial charge in [-0.05, 0) is 78.0 Å². The maximum Gasteiger partial charge on any atom is 0.252 e. The predicted molar refractivity (Wildman–Crippen MR) is 129 cm³/mol. The molecule has 4 atom stereocenters. The second-order valence-corrected chi connectivity index (χ2v) is 10.5. The number of nitrogens with two attached hydrogens (primary N) is 1. The number of benzene rings is 1. The summed E-state index contributed by atoms with van der Waals surface area (Å²) < 4.78 is 15.2. The molecule has 0 heterocycles. The van der Waals surface area contributed by atoms with Gasteiger partial charge in [-0.25, -0.2) is 4.39 Å². The highest BCUT2D eigenvalue weighted by Gasteiger charge is 2.61. The van der Waals surface area contributed by atoms with Crippen molar-refractivity contribution < 1.29 is 34.1 Å². The van der Waals surface area contributed by atoms with Crippen molar-refractivity contribution in [2.75, 3.05) is 34.7 Å². The van der Waals surface area contributed by atoms with Crippen LogP contribution in [0, 0.1) is 17.7 Å². The molecule has 3 aliphatic rings. The molecule has 0 aliphatic heterocycles. The molecule has 0 unspecified atom stereocenters. The van der Waals surface area contributed by atoms with Crippen LogP contribution in [0.25, 0.3) is 0 Å². The molecule has 194 valence electrons. The van der Waals surface area contributed by atoms with Crippen LogP contribution in [-0.4, -0.2) is 89.0 Å². The minimum Gasteiger partial charge on any atom is -0.508 e. The molecular formula is C26H32FN3O6. The third kappa shape index (κ3) is 3.84. The van der Waals surface area contributed by atoms with E-state index >= 15 is 4.39 Å². The maximum absolute atomic E-state index is 15.2. The lowest BCUT2D eigenvalue weighted by molar-refractivity contribution is -0.146. The number of carbonyl (C=O) groups excluding carboxylic acids is 3. The van der Waals surface area contributed by atoms with E-state index in [4.69, 9.17) is 5.73 Å². The van der Waals surface area contributed by atoms with Gasteiger partial charge in [0.05, 0.1) is 11.1 Å². The number of allylic oxidation sites excluding steroid dienone is 1. The van der Waals surface area contributed by atoms with Crippen molar-refractivity contribution in [3.63, 3.8) is 0 Å². The van der Waals surface area contributed by atoms with Crippen LogP contribution < -0.4 is 5.73 Å². The number of phenols is 1. The van der Waals surface area contributed by atoms with Gasteiger partial charge in [-0.15, -0.1) is 0 Å². The molecule has 9 nitrogen and oxygen atoms in total. The zero-order valence-corrected chi connectivity index (χ0v) is 20.8. The lowest BCUT2D eigenvalue weighted by Gasteiger charge is -2.49. The molecule has 0 fully saturated rings. The third-order valence-electron chi connectivity index (χ3n) is 7.71. The number of carbonyl (C=O) groups is 3. The molecule has 1 aromatic carbocycles. The van der Waals surface area contributed by atoms with Crippen molar-refractivity contribution >= 4 is 17.5 Å². The van der Waals surface area contributed by atoms with E-state index in [1.54, 1.807) is 19.0 Å². The number of primary amides is 1. The van der Waals surface area contributed by atoms with Crippen molar-refractivity contribution in [2.45, 2.75) is 37.3 Å². The van der Waals surface area contributed by atoms with Crippen molar-refractivity contribution in [2.24, 2.45) is 17.6 Å². The Morgan fingerprint density at radius 1 is 1.22 bits per heavy atom. The molecule has 4 rings (SSSR count). The van der Waals surface area contributed by atoms with Gasteiger partial charge in [0.15, 0.2) is 11.4 Å². The molecular weight excluding hydrogens is 469 g/mol. The van der Waals surface area contributed by atoms with Gasteiger partial charge in [0.1, 0.15) is 17.3 Å². The molecule has 0 saturated carbocycles. The SMILES string of the molecule is CN(C)CCCc1cc(F)c2c(c1O)C(=O)C1=C(O)[C@]3(O)C(=O)C(C(N)=O)=C[C@@H](N(C)C)[C@@H]3C[C@@H]1C2. The quantitative estimate of drug-likeness (QED) is 0.420. The number of hydrogen-bond acceptors (Lipinski definition) is 8. The lowest BCUT2D eigenvalue weighted by atomic mass is 9.59. The van der Waals surface area contributed by atoms with Gasteiger partial charge >= 0.3 is 0 Å². The standard InChI is InChI=1S/C26H32FN3O6/c1-29(2)7-5-6-12-10-17(27)14-8-13-9-16-18(30(3)4)11-15(25(28)35)23(33)26(16,36)24(34)19(13)22(32)20(14)21(12)31/h10-11,13,16,18,31,34,36H,5-9H2,1-4H3,(H2,28,35)/t13-,16-,18+,26+/m0/s1. The Balaban J connectivity index is 1.84. The highest BCUT2D eigenvalue weighted by Crippen LogP contribution is 2.51. The van der Waals surface area contributed by atoms with Gasteiger partial charge in [-0.2, -0.15) is 0 Å². The number of aliphatic hydroxyl groups is 2. The van der Waals surface area contributed by atoms with Crippen LogP contribution >= 0.6 is 0 Å². The average molecular weight is 502 g/mol. The van der Waals surface area contributed by atoms with Gasteiger partial charge in [0.25, 0.3) is 5.91 Å². The number of likely N-dealkylation sites (N-methyl/N-ethyl adjacent to an activating group) is 1. The normalized spacial score (nSPS) is 27.7. The second kappa shape index (κ2) is 9.10. The number of amides is 1. The maximum atomic E-state index is 15.2. The van der Waals surface area contributed by atoms with E-state index < -0.39 is 58.1 Å². The van der Waals surface area contributed by atoms with Crippen LogP contribution in [0.1, 0.15) is 34.3 Å². The summed E-state index contributed by atoms with van der Waals surface area (Å²) in [4.78, 5) is 42.4. The van der Waals surface area contributed by atoms with E-state index in [1.807, 2.05) is 19.0 Å². The van der Waals surface area contributed by atoms with E-state index in [9.17, 15) is 29.7 Å². The minimum absolute atomic E-state index is 0.00511. The molecule has 0 saturated heterocycles. The molecule has 3 aliphatic carbocycles.